The molecule has 0 bridgehead atoms. The Morgan fingerprint density at radius 3 is 3.15 bits per heavy atom. The van der Waals surface area contributed by atoms with E-state index in [9.17, 15) is 9.59 Å². The van der Waals surface area contributed by atoms with Crippen LogP contribution in [0.4, 0.5) is 0 Å². The monoisotopic (exact) mass is 180 g/mol. The fourth-order valence-corrected chi connectivity index (χ4v) is 1.39. The van der Waals surface area contributed by atoms with Crippen molar-refractivity contribution in [3.05, 3.63) is 24.0 Å². The number of fused-ring (bicyclic) bond motifs is 1. The lowest BCUT2D eigenvalue weighted by Gasteiger charge is -2.22. The van der Waals surface area contributed by atoms with Gasteiger partial charge in [-0.3, -0.25) is 4.79 Å². The molecule has 68 valence electrons. The van der Waals surface area contributed by atoms with Gasteiger partial charge in [-0.2, -0.15) is 0 Å². The van der Waals surface area contributed by atoms with E-state index in [1.165, 1.54) is 0 Å². The van der Waals surface area contributed by atoms with Crippen molar-refractivity contribution in [3.8, 4) is 0 Å². The van der Waals surface area contributed by atoms with E-state index in [0.29, 0.717) is 12.2 Å². The summed E-state index contributed by atoms with van der Waals surface area (Å²) in [6.07, 6.45) is 1.70. The van der Waals surface area contributed by atoms with E-state index >= 15 is 0 Å². The molecule has 2 rings (SSSR count). The summed E-state index contributed by atoms with van der Waals surface area (Å²) in [5.74, 6) is -1.34. The molecule has 13 heavy (non-hydrogen) atoms. The van der Waals surface area contributed by atoms with E-state index in [4.69, 9.17) is 5.11 Å². The van der Waals surface area contributed by atoms with Gasteiger partial charge in [-0.15, -0.1) is 0 Å². The average molecular weight is 180 g/mol. The number of aliphatic carboxylic acids is 1. The molecule has 0 saturated carbocycles. The highest BCUT2D eigenvalue weighted by atomic mass is 16.4. The second-order valence-corrected chi connectivity index (χ2v) is 2.91. The van der Waals surface area contributed by atoms with Crippen LogP contribution in [-0.4, -0.2) is 27.6 Å². The maximum atomic E-state index is 11.3. The first-order chi connectivity index (χ1) is 6.18. The van der Waals surface area contributed by atoms with Gasteiger partial charge in [-0.05, 0) is 12.1 Å². The topological polar surface area (TPSA) is 71.3 Å². The Labute approximate surface area is 74.0 Å². The van der Waals surface area contributed by atoms with Gasteiger partial charge in [0.05, 0.1) is 6.54 Å². The number of rotatable bonds is 1. The lowest BCUT2D eigenvalue weighted by Crippen LogP contribution is -2.48. The molecule has 0 fully saturated rings. The van der Waals surface area contributed by atoms with E-state index in [2.05, 4.69) is 5.32 Å². The highest BCUT2D eigenvalue weighted by molar-refractivity contribution is 5.96. The third kappa shape index (κ3) is 1.18. The van der Waals surface area contributed by atoms with Gasteiger partial charge in [0.1, 0.15) is 11.7 Å². The Bertz CT molecular complexity index is 369. The van der Waals surface area contributed by atoms with Crippen LogP contribution in [0.25, 0.3) is 0 Å². The summed E-state index contributed by atoms with van der Waals surface area (Å²) in [5.41, 5.74) is 0.512. The first-order valence-corrected chi connectivity index (χ1v) is 3.87. The van der Waals surface area contributed by atoms with Crippen LogP contribution in [0.2, 0.25) is 0 Å². The second-order valence-electron chi connectivity index (χ2n) is 2.91. The molecule has 1 atom stereocenters. The summed E-state index contributed by atoms with van der Waals surface area (Å²) in [7, 11) is 0. The fourth-order valence-electron chi connectivity index (χ4n) is 1.39. The van der Waals surface area contributed by atoms with Gasteiger partial charge in [0.2, 0.25) is 0 Å². The van der Waals surface area contributed by atoms with E-state index < -0.39 is 12.0 Å². The van der Waals surface area contributed by atoms with E-state index in [-0.39, 0.29) is 5.91 Å². The molecule has 1 amide bonds. The van der Waals surface area contributed by atoms with Gasteiger partial charge < -0.3 is 15.0 Å². The molecule has 0 aliphatic carbocycles. The molecule has 0 unspecified atom stereocenters. The zero-order valence-electron chi connectivity index (χ0n) is 6.73. The number of aromatic nitrogens is 1. The third-order valence-electron chi connectivity index (χ3n) is 2.04. The maximum absolute atomic E-state index is 11.3. The lowest BCUT2D eigenvalue weighted by molar-refractivity contribution is -0.139. The van der Waals surface area contributed by atoms with E-state index in [1.54, 1.807) is 22.9 Å². The van der Waals surface area contributed by atoms with Gasteiger partial charge in [-0.1, -0.05) is 0 Å². The Morgan fingerprint density at radius 2 is 2.46 bits per heavy atom. The van der Waals surface area contributed by atoms with Crippen molar-refractivity contribution >= 4 is 11.9 Å². The van der Waals surface area contributed by atoms with E-state index in [1.807, 2.05) is 0 Å². The molecule has 1 aromatic heterocycles. The number of nitrogens with zero attached hydrogens (tertiary/aromatic N) is 1. The minimum atomic E-state index is -1.01. The molecular formula is C8H8N2O3. The largest absolute Gasteiger partial charge is 0.480 e. The molecule has 0 radical (unpaired) electrons. The number of carbonyl (C=O) groups is 2. The number of amides is 1. The zero-order chi connectivity index (χ0) is 9.42. The minimum absolute atomic E-state index is 0.295. The number of hydrogen-bond acceptors (Lipinski definition) is 2. The maximum Gasteiger partial charge on any atom is 0.328 e. The van der Waals surface area contributed by atoms with Crippen molar-refractivity contribution in [2.75, 3.05) is 0 Å². The molecule has 0 spiro atoms. The number of carboxylic acids is 1. The first kappa shape index (κ1) is 7.85. The molecular weight excluding hydrogens is 172 g/mol. The summed E-state index contributed by atoms with van der Waals surface area (Å²) in [4.78, 5) is 21.9. The minimum Gasteiger partial charge on any atom is -0.480 e. The third-order valence-corrected chi connectivity index (χ3v) is 2.04. The highest BCUT2D eigenvalue weighted by Crippen LogP contribution is 2.09. The molecule has 1 aliphatic rings. The summed E-state index contributed by atoms with van der Waals surface area (Å²) in [6.45, 7) is 0.295. The van der Waals surface area contributed by atoms with Gasteiger partial charge in [-0.25, -0.2) is 4.79 Å². The highest BCUT2D eigenvalue weighted by Gasteiger charge is 2.27. The van der Waals surface area contributed by atoms with Gasteiger partial charge in [0.15, 0.2) is 0 Å². The van der Waals surface area contributed by atoms with E-state index in [0.717, 1.165) is 0 Å². The predicted octanol–water partition coefficient (Wildman–Crippen LogP) is -0.315. The lowest BCUT2D eigenvalue weighted by atomic mass is 10.2. The Morgan fingerprint density at radius 1 is 1.69 bits per heavy atom. The van der Waals surface area contributed by atoms with Crippen molar-refractivity contribution in [1.82, 2.24) is 9.88 Å². The summed E-state index contributed by atoms with van der Waals surface area (Å²) >= 11 is 0. The predicted molar refractivity (Wildman–Crippen MR) is 43.3 cm³/mol. The zero-order valence-corrected chi connectivity index (χ0v) is 6.73. The SMILES string of the molecule is O=C1N[C@@H](C(=O)O)Cn2cccc21. The van der Waals surface area contributed by atoms with Crippen LogP contribution in [0.5, 0.6) is 0 Å². The van der Waals surface area contributed by atoms with Crippen molar-refractivity contribution in [3.63, 3.8) is 0 Å². The van der Waals surface area contributed by atoms with Crippen LogP contribution in [-0.2, 0) is 11.3 Å². The number of carbonyl (C=O) groups excluding carboxylic acids is 1. The first-order valence-electron chi connectivity index (χ1n) is 3.87. The van der Waals surface area contributed by atoms with Crippen LogP contribution in [0.15, 0.2) is 18.3 Å². The van der Waals surface area contributed by atoms with Crippen LogP contribution < -0.4 is 5.32 Å². The second kappa shape index (κ2) is 2.62. The molecule has 1 aromatic rings. The molecule has 5 heteroatoms. The average Bonchev–Trinajstić information content (AvgIpc) is 2.51. The number of hydrogen-bond donors (Lipinski definition) is 2. The Hall–Kier alpha value is -1.78. The van der Waals surface area contributed by atoms with Crippen LogP contribution in [0.3, 0.4) is 0 Å². The Kier molecular flexibility index (Phi) is 1.58. The van der Waals surface area contributed by atoms with Crippen molar-refractivity contribution in [1.29, 1.82) is 0 Å². The van der Waals surface area contributed by atoms with Crippen LogP contribution >= 0.6 is 0 Å². The molecule has 1 aliphatic heterocycles. The molecule has 2 N–H and O–H groups in total. The van der Waals surface area contributed by atoms with Gasteiger partial charge in [0.25, 0.3) is 5.91 Å². The number of nitrogens with one attached hydrogen (secondary N) is 1. The quantitative estimate of drug-likeness (QED) is 0.622. The fraction of sp³-hybridized carbons (Fsp3) is 0.250. The van der Waals surface area contributed by atoms with Crippen LogP contribution in [0, 0.1) is 0 Å². The van der Waals surface area contributed by atoms with Crippen LogP contribution in [0.1, 0.15) is 10.5 Å². The van der Waals surface area contributed by atoms with Crippen molar-refractivity contribution < 1.29 is 14.7 Å². The molecule has 0 aromatic carbocycles. The van der Waals surface area contributed by atoms with Gasteiger partial charge in [0, 0.05) is 6.20 Å². The summed E-state index contributed by atoms with van der Waals surface area (Å²) < 4.78 is 1.64. The Balaban J connectivity index is 2.34. The molecule has 5 nitrogen and oxygen atoms in total. The normalized spacial score (nSPS) is 20.6. The molecule has 0 saturated heterocycles. The summed E-state index contributed by atoms with van der Waals surface area (Å²) in [5, 5.41) is 11.1. The van der Waals surface area contributed by atoms with Crippen molar-refractivity contribution in [2.45, 2.75) is 12.6 Å². The number of carboxylic acid groups (broad SMARTS) is 1. The summed E-state index contributed by atoms with van der Waals surface area (Å²) in [6, 6.07) is 2.57. The van der Waals surface area contributed by atoms with Gasteiger partial charge >= 0.3 is 5.97 Å². The standard InChI is InChI=1S/C8H8N2O3/c11-7-6-2-1-3-10(6)4-5(9-7)8(12)13/h1-3,5H,4H2,(H,9,11)(H,12,13)/t5-/m1/s1. The van der Waals surface area contributed by atoms with Crippen molar-refractivity contribution in [2.24, 2.45) is 0 Å². The smallest absolute Gasteiger partial charge is 0.328 e. The molecule has 2 heterocycles.